The number of benzene rings is 1. The molecule has 7 heteroatoms. The Kier molecular flexibility index (Phi) is 6.57. The van der Waals surface area contributed by atoms with Crippen LogP contribution in [0.25, 0.3) is 16.8 Å². The van der Waals surface area contributed by atoms with E-state index in [9.17, 15) is 4.79 Å². The van der Waals surface area contributed by atoms with Gasteiger partial charge >= 0.3 is 0 Å². The minimum absolute atomic E-state index is 0.210. The van der Waals surface area contributed by atoms with Crippen molar-refractivity contribution in [1.29, 1.82) is 0 Å². The zero-order chi connectivity index (χ0) is 20.9. The first-order valence-electron chi connectivity index (χ1n) is 10.7. The Morgan fingerprint density at radius 3 is 2.83 bits per heavy atom. The molecule has 1 atom stereocenters. The van der Waals surface area contributed by atoms with Crippen molar-refractivity contribution in [2.75, 3.05) is 18.9 Å². The first kappa shape index (κ1) is 20.7. The average Bonchev–Trinajstić information content (AvgIpc) is 3.23. The number of carbonyl (C=O) groups excluding carboxylic acids is 1. The first-order valence-corrected chi connectivity index (χ1v) is 11.7. The van der Waals surface area contributed by atoms with E-state index in [1.54, 1.807) is 6.20 Å². The highest BCUT2D eigenvalue weighted by molar-refractivity contribution is 8.00. The van der Waals surface area contributed by atoms with Crippen molar-refractivity contribution < 1.29 is 9.53 Å². The molecule has 1 unspecified atom stereocenters. The fourth-order valence-corrected chi connectivity index (χ4v) is 4.87. The van der Waals surface area contributed by atoms with Gasteiger partial charge in [0.25, 0.3) is 0 Å². The standard InChI is InChI=1S/C23H28N4O2S/c1-3-18-7-5-6-13-26(18)22(28)16-30-23-21-15-20(25-27(21)14-12-24-23)17-8-10-19(11-9-17)29-4-2/h8-12,14-15,18H,3-7,13,16H2,1-2H3. The largest absolute Gasteiger partial charge is 0.494 e. The molecule has 0 saturated carbocycles. The zero-order valence-electron chi connectivity index (χ0n) is 17.6. The third kappa shape index (κ3) is 4.46. The van der Waals surface area contributed by atoms with Crippen LogP contribution in [0, 0.1) is 0 Å². The smallest absolute Gasteiger partial charge is 0.233 e. The summed E-state index contributed by atoms with van der Waals surface area (Å²) >= 11 is 1.50. The molecule has 0 spiro atoms. The number of hydrogen-bond acceptors (Lipinski definition) is 5. The van der Waals surface area contributed by atoms with Crippen LogP contribution < -0.4 is 4.74 Å². The second kappa shape index (κ2) is 9.51. The molecule has 158 valence electrons. The van der Waals surface area contributed by atoms with Gasteiger partial charge in [0.1, 0.15) is 10.8 Å². The molecule has 1 fully saturated rings. The molecule has 4 rings (SSSR count). The minimum Gasteiger partial charge on any atom is -0.494 e. The van der Waals surface area contributed by atoms with Crippen molar-refractivity contribution in [2.45, 2.75) is 50.6 Å². The molecule has 1 aliphatic heterocycles. The summed E-state index contributed by atoms with van der Waals surface area (Å²) in [6, 6.07) is 10.4. The lowest BCUT2D eigenvalue weighted by Gasteiger charge is -2.35. The summed E-state index contributed by atoms with van der Waals surface area (Å²) in [7, 11) is 0. The quantitative estimate of drug-likeness (QED) is 0.516. The summed E-state index contributed by atoms with van der Waals surface area (Å²) in [4.78, 5) is 19.4. The summed E-state index contributed by atoms with van der Waals surface area (Å²) in [5.74, 6) is 1.47. The fourth-order valence-electron chi connectivity index (χ4n) is 4.01. The van der Waals surface area contributed by atoms with Crippen LogP contribution in [0.3, 0.4) is 0 Å². The van der Waals surface area contributed by atoms with E-state index in [1.165, 1.54) is 18.2 Å². The maximum Gasteiger partial charge on any atom is 0.233 e. The number of carbonyl (C=O) groups is 1. The molecular formula is C23H28N4O2S. The van der Waals surface area contributed by atoms with Gasteiger partial charge in [-0.2, -0.15) is 5.10 Å². The number of amides is 1. The Balaban J connectivity index is 1.50. The Bertz CT molecular complexity index is 1000. The van der Waals surface area contributed by atoms with E-state index in [1.807, 2.05) is 48.0 Å². The Hall–Kier alpha value is -2.54. The van der Waals surface area contributed by atoms with Gasteiger partial charge in [-0.1, -0.05) is 18.7 Å². The van der Waals surface area contributed by atoms with E-state index in [4.69, 9.17) is 4.74 Å². The maximum absolute atomic E-state index is 12.8. The van der Waals surface area contributed by atoms with E-state index in [0.29, 0.717) is 18.4 Å². The van der Waals surface area contributed by atoms with E-state index >= 15 is 0 Å². The molecular weight excluding hydrogens is 396 g/mol. The van der Waals surface area contributed by atoms with Crippen molar-refractivity contribution in [2.24, 2.45) is 0 Å². The molecule has 1 amide bonds. The van der Waals surface area contributed by atoms with Crippen molar-refractivity contribution in [3.63, 3.8) is 0 Å². The molecule has 1 aromatic carbocycles. The molecule has 0 bridgehead atoms. The molecule has 2 aromatic heterocycles. The number of hydrogen-bond donors (Lipinski definition) is 0. The van der Waals surface area contributed by atoms with Gasteiger partial charge < -0.3 is 9.64 Å². The summed E-state index contributed by atoms with van der Waals surface area (Å²) in [6.07, 6.45) is 8.06. The minimum atomic E-state index is 0.210. The van der Waals surface area contributed by atoms with Crippen LogP contribution in [-0.4, -0.2) is 50.4 Å². The topological polar surface area (TPSA) is 59.7 Å². The highest BCUT2D eigenvalue weighted by Crippen LogP contribution is 2.28. The third-order valence-electron chi connectivity index (χ3n) is 5.57. The molecule has 0 N–H and O–H groups in total. The van der Waals surface area contributed by atoms with E-state index in [0.717, 1.165) is 53.4 Å². The lowest BCUT2D eigenvalue weighted by molar-refractivity contribution is -0.132. The van der Waals surface area contributed by atoms with Gasteiger partial charge in [-0.3, -0.25) is 4.79 Å². The molecule has 0 radical (unpaired) electrons. The molecule has 3 aromatic rings. The van der Waals surface area contributed by atoms with Gasteiger partial charge in [0, 0.05) is 30.5 Å². The van der Waals surface area contributed by atoms with Crippen LogP contribution in [0.5, 0.6) is 5.75 Å². The Morgan fingerprint density at radius 2 is 2.07 bits per heavy atom. The number of nitrogens with zero attached hydrogens (tertiary/aromatic N) is 4. The van der Waals surface area contributed by atoms with Crippen LogP contribution in [0.15, 0.2) is 47.8 Å². The van der Waals surface area contributed by atoms with Crippen molar-refractivity contribution in [3.05, 3.63) is 42.7 Å². The highest BCUT2D eigenvalue weighted by atomic mass is 32.2. The van der Waals surface area contributed by atoms with Crippen LogP contribution in [0.2, 0.25) is 0 Å². The normalized spacial score (nSPS) is 16.7. The van der Waals surface area contributed by atoms with Gasteiger partial charge in [-0.15, -0.1) is 0 Å². The number of piperidine rings is 1. The average molecular weight is 425 g/mol. The van der Waals surface area contributed by atoms with Gasteiger partial charge in [-0.05, 0) is 62.9 Å². The SMILES string of the molecule is CCOc1ccc(-c2cc3c(SCC(=O)N4CCCCC4CC)nccn3n2)cc1. The van der Waals surface area contributed by atoms with Gasteiger partial charge in [-0.25, -0.2) is 9.50 Å². The monoisotopic (exact) mass is 424 g/mol. The van der Waals surface area contributed by atoms with Crippen LogP contribution in [-0.2, 0) is 4.79 Å². The maximum atomic E-state index is 12.8. The van der Waals surface area contributed by atoms with Crippen LogP contribution in [0.1, 0.15) is 39.5 Å². The second-order valence-electron chi connectivity index (χ2n) is 7.48. The molecule has 3 heterocycles. The predicted molar refractivity (Wildman–Crippen MR) is 120 cm³/mol. The van der Waals surface area contributed by atoms with E-state index < -0.39 is 0 Å². The molecule has 0 aliphatic carbocycles. The predicted octanol–water partition coefficient (Wildman–Crippen LogP) is 4.68. The number of fused-ring (bicyclic) bond motifs is 1. The van der Waals surface area contributed by atoms with Crippen LogP contribution >= 0.6 is 11.8 Å². The second-order valence-corrected chi connectivity index (χ2v) is 8.45. The summed E-state index contributed by atoms with van der Waals surface area (Å²) in [5, 5.41) is 5.52. The van der Waals surface area contributed by atoms with Gasteiger partial charge in [0.2, 0.25) is 5.91 Å². The number of thioether (sulfide) groups is 1. The van der Waals surface area contributed by atoms with Gasteiger partial charge in [0.15, 0.2) is 0 Å². The van der Waals surface area contributed by atoms with Crippen LogP contribution in [0.4, 0.5) is 0 Å². The summed E-state index contributed by atoms with van der Waals surface area (Å²) in [5.41, 5.74) is 2.82. The van der Waals surface area contributed by atoms with E-state index in [-0.39, 0.29) is 5.91 Å². The van der Waals surface area contributed by atoms with Gasteiger partial charge in [0.05, 0.1) is 23.6 Å². The fraction of sp³-hybridized carbons (Fsp3) is 0.435. The number of likely N-dealkylation sites (tertiary alicyclic amines) is 1. The third-order valence-corrected chi connectivity index (χ3v) is 6.55. The van der Waals surface area contributed by atoms with Crippen molar-refractivity contribution >= 4 is 23.2 Å². The highest BCUT2D eigenvalue weighted by Gasteiger charge is 2.25. The molecule has 1 aliphatic rings. The first-order chi connectivity index (χ1) is 14.7. The lowest BCUT2D eigenvalue weighted by atomic mass is 10.0. The number of rotatable bonds is 7. The number of aromatic nitrogens is 3. The molecule has 1 saturated heterocycles. The molecule has 30 heavy (non-hydrogen) atoms. The van der Waals surface area contributed by atoms with E-state index in [2.05, 4.69) is 21.9 Å². The Morgan fingerprint density at radius 1 is 1.23 bits per heavy atom. The number of ether oxygens (including phenoxy) is 1. The molecule has 6 nitrogen and oxygen atoms in total. The zero-order valence-corrected chi connectivity index (χ0v) is 18.4. The summed E-state index contributed by atoms with van der Waals surface area (Å²) < 4.78 is 7.35. The van der Waals surface area contributed by atoms with Crippen molar-refractivity contribution in [3.8, 4) is 17.0 Å². The lowest BCUT2D eigenvalue weighted by Crippen LogP contribution is -2.44. The van der Waals surface area contributed by atoms with Crippen molar-refractivity contribution in [1.82, 2.24) is 19.5 Å². The summed E-state index contributed by atoms with van der Waals surface area (Å²) in [6.45, 7) is 5.67. The Labute approximate surface area is 181 Å².